The molecular formula is C22H18FNO3. The van der Waals surface area contributed by atoms with Crippen LogP contribution >= 0.6 is 0 Å². The van der Waals surface area contributed by atoms with E-state index in [0.29, 0.717) is 17.0 Å². The van der Waals surface area contributed by atoms with Crippen molar-refractivity contribution in [1.29, 1.82) is 0 Å². The topological polar surface area (TPSA) is 49.8 Å². The van der Waals surface area contributed by atoms with Crippen LogP contribution in [0.2, 0.25) is 0 Å². The van der Waals surface area contributed by atoms with E-state index < -0.39 is 17.3 Å². The number of amides is 1. The van der Waals surface area contributed by atoms with Gasteiger partial charge in [-0.1, -0.05) is 42.5 Å². The quantitative estimate of drug-likeness (QED) is 0.770. The van der Waals surface area contributed by atoms with Gasteiger partial charge in [0.2, 0.25) is 0 Å². The number of benzene rings is 3. The maximum absolute atomic E-state index is 13.8. The van der Waals surface area contributed by atoms with E-state index in [0.717, 1.165) is 5.56 Å². The number of fused-ring (bicyclic) bond motifs is 1. The Bertz CT molecular complexity index is 1020. The number of nitrogens with zero attached hydrogens (tertiary/aromatic N) is 1. The first-order chi connectivity index (χ1) is 13.0. The lowest BCUT2D eigenvalue weighted by Gasteiger charge is -2.24. The molecule has 136 valence electrons. The van der Waals surface area contributed by atoms with Gasteiger partial charge in [0, 0.05) is 11.1 Å². The number of carbonyl (C=O) groups excluding carboxylic acids is 1. The lowest BCUT2D eigenvalue weighted by molar-refractivity contribution is -0.132. The van der Waals surface area contributed by atoms with Crippen molar-refractivity contribution in [2.24, 2.45) is 0 Å². The fourth-order valence-corrected chi connectivity index (χ4v) is 3.54. The molecule has 1 N–H and O–H groups in total. The van der Waals surface area contributed by atoms with Crippen LogP contribution in [0.5, 0.6) is 5.75 Å². The van der Waals surface area contributed by atoms with Crippen LogP contribution in [0.3, 0.4) is 0 Å². The fraction of sp³-hybridized carbons (Fsp3) is 0.136. The molecule has 5 heteroatoms. The predicted octanol–water partition coefficient (Wildman–Crippen LogP) is 3.62. The monoisotopic (exact) mass is 363 g/mol. The van der Waals surface area contributed by atoms with E-state index >= 15 is 0 Å². The molecule has 4 rings (SSSR count). The smallest absolute Gasteiger partial charge is 0.268 e. The maximum Gasteiger partial charge on any atom is 0.268 e. The highest BCUT2D eigenvalue weighted by molar-refractivity contribution is 6.09. The van der Waals surface area contributed by atoms with Crippen LogP contribution in [0.15, 0.2) is 72.8 Å². The largest absolute Gasteiger partial charge is 0.497 e. The van der Waals surface area contributed by atoms with Crippen molar-refractivity contribution < 1.29 is 19.0 Å². The van der Waals surface area contributed by atoms with Crippen molar-refractivity contribution in [3.63, 3.8) is 0 Å². The van der Waals surface area contributed by atoms with Gasteiger partial charge in [0.25, 0.3) is 5.91 Å². The summed E-state index contributed by atoms with van der Waals surface area (Å²) in [5.74, 6) is -0.317. The van der Waals surface area contributed by atoms with Gasteiger partial charge in [-0.25, -0.2) is 4.39 Å². The summed E-state index contributed by atoms with van der Waals surface area (Å²) in [4.78, 5) is 14.8. The van der Waals surface area contributed by atoms with Crippen LogP contribution < -0.4 is 9.64 Å². The SMILES string of the molecule is COc1cccc(CN2C(=O)[C@](O)(c3cccc(F)c3)c3ccccc32)c1. The molecule has 1 amide bonds. The van der Waals surface area contributed by atoms with Gasteiger partial charge in [0.15, 0.2) is 5.60 Å². The lowest BCUT2D eigenvalue weighted by Crippen LogP contribution is -2.41. The molecule has 1 heterocycles. The average Bonchev–Trinajstić information content (AvgIpc) is 2.91. The Balaban J connectivity index is 1.80. The summed E-state index contributed by atoms with van der Waals surface area (Å²) >= 11 is 0. The molecule has 1 aliphatic rings. The number of rotatable bonds is 4. The third-order valence-corrected chi connectivity index (χ3v) is 4.86. The van der Waals surface area contributed by atoms with E-state index in [1.54, 1.807) is 31.4 Å². The molecule has 3 aromatic rings. The third-order valence-electron chi connectivity index (χ3n) is 4.86. The summed E-state index contributed by atoms with van der Waals surface area (Å²) in [5.41, 5.74) is 0.215. The maximum atomic E-state index is 13.8. The zero-order valence-corrected chi connectivity index (χ0v) is 14.7. The molecule has 0 aliphatic carbocycles. The number of hydrogen-bond donors (Lipinski definition) is 1. The first-order valence-electron chi connectivity index (χ1n) is 8.57. The van der Waals surface area contributed by atoms with E-state index in [1.807, 2.05) is 30.3 Å². The molecule has 0 spiro atoms. The van der Waals surface area contributed by atoms with E-state index in [-0.39, 0.29) is 12.1 Å². The Hall–Kier alpha value is -3.18. The summed E-state index contributed by atoms with van der Waals surface area (Å²) in [6, 6.07) is 20.0. The van der Waals surface area contributed by atoms with Crippen molar-refractivity contribution in [3.05, 3.63) is 95.3 Å². The highest BCUT2D eigenvalue weighted by atomic mass is 19.1. The summed E-state index contributed by atoms with van der Waals surface area (Å²) in [6.45, 7) is 0.269. The summed E-state index contributed by atoms with van der Waals surface area (Å²) in [6.07, 6.45) is 0. The molecule has 0 saturated carbocycles. The Morgan fingerprint density at radius 3 is 2.59 bits per heavy atom. The molecule has 0 saturated heterocycles. The van der Waals surface area contributed by atoms with Gasteiger partial charge in [-0.2, -0.15) is 0 Å². The molecular weight excluding hydrogens is 345 g/mol. The minimum absolute atomic E-state index is 0.216. The molecule has 3 aromatic carbocycles. The summed E-state index contributed by atoms with van der Waals surface area (Å²) < 4.78 is 19.0. The lowest BCUT2D eigenvalue weighted by atomic mass is 9.87. The number of ether oxygens (including phenoxy) is 1. The molecule has 27 heavy (non-hydrogen) atoms. The first kappa shape index (κ1) is 17.2. The highest BCUT2D eigenvalue weighted by Crippen LogP contribution is 2.45. The Morgan fingerprint density at radius 2 is 1.81 bits per heavy atom. The average molecular weight is 363 g/mol. The van der Waals surface area contributed by atoms with Gasteiger partial charge < -0.3 is 14.7 Å². The molecule has 0 fully saturated rings. The van der Waals surface area contributed by atoms with E-state index in [2.05, 4.69) is 0 Å². The van der Waals surface area contributed by atoms with Gasteiger partial charge in [-0.05, 0) is 35.9 Å². The number of halogens is 1. The third kappa shape index (κ3) is 2.76. The van der Waals surface area contributed by atoms with Crippen molar-refractivity contribution in [2.75, 3.05) is 12.0 Å². The second-order valence-corrected chi connectivity index (χ2v) is 6.48. The number of carbonyl (C=O) groups is 1. The van der Waals surface area contributed by atoms with E-state index in [4.69, 9.17) is 4.74 Å². The standard InChI is InChI=1S/C22H18FNO3/c1-27-18-9-4-6-15(12-18)14-24-20-11-3-2-10-19(20)22(26,21(24)25)16-7-5-8-17(23)13-16/h2-13,26H,14H2,1H3/t22-/m0/s1. The zero-order valence-electron chi connectivity index (χ0n) is 14.7. The number of methoxy groups -OCH3 is 1. The number of hydrogen-bond acceptors (Lipinski definition) is 3. The normalized spacial score (nSPS) is 18.5. The molecule has 0 radical (unpaired) electrons. The zero-order chi connectivity index (χ0) is 19.0. The van der Waals surface area contributed by atoms with Crippen LogP contribution in [-0.4, -0.2) is 18.1 Å². The van der Waals surface area contributed by atoms with Gasteiger partial charge in [0.1, 0.15) is 11.6 Å². The highest BCUT2D eigenvalue weighted by Gasteiger charge is 2.51. The second-order valence-electron chi connectivity index (χ2n) is 6.48. The van der Waals surface area contributed by atoms with E-state index in [1.165, 1.54) is 23.1 Å². The minimum atomic E-state index is -1.92. The van der Waals surface area contributed by atoms with E-state index in [9.17, 15) is 14.3 Å². The van der Waals surface area contributed by atoms with Crippen LogP contribution in [0.1, 0.15) is 16.7 Å². The molecule has 0 unspecified atom stereocenters. The van der Waals surface area contributed by atoms with Crippen molar-refractivity contribution in [2.45, 2.75) is 12.1 Å². The summed E-state index contributed by atoms with van der Waals surface area (Å²) in [5, 5.41) is 11.4. The first-order valence-corrected chi connectivity index (χ1v) is 8.57. The van der Waals surface area contributed by atoms with Crippen LogP contribution in [0, 0.1) is 5.82 Å². The molecule has 0 bridgehead atoms. The number of para-hydroxylation sites is 1. The molecule has 1 aliphatic heterocycles. The summed E-state index contributed by atoms with van der Waals surface area (Å²) in [7, 11) is 1.58. The van der Waals surface area contributed by atoms with Gasteiger partial charge in [-0.3, -0.25) is 4.79 Å². The van der Waals surface area contributed by atoms with Crippen LogP contribution in [-0.2, 0) is 16.9 Å². The molecule has 0 aromatic heterocycles. The fourth-order valence-electron chi connectivity index (χ4n) is 3.54. The Labute approximate surface area is 156 Å². The van der Waals surface area contributed by atoms with Gasteiger partial charge in [-0.15, -0.1) is 0 Å². The molecule has 4 nitrogen and oxygen atoms in total. The van der Waals surface area contributed by atoms with Crippen molar-refractivity contribution in [3.8, 4) is 5.75 Å². The number of aliphatic hydroxyl groups is 1. The van der Waals surface area contributed by atoms with Gasteiger partial charge in [0.05, 0.1) is 19.3 Å². The van der Waals surface area contributed by atoms with Crippen molar-refractivity contribution in [1.82, 2.24) is 0 Å². The van der Waals surface area contributed by atoms with Crippen molar-refractivity contribution >= 4 is 11.6 Å². The minimum Gasteiger partial charge on any atom is -0.497 e. The second kappa shape index (κ2) is 6.52. The number of anilines is 1. The predicted molar refractivity (Wildman–Crippen MR) is 100 cm³/mol. The van der Waals surface area contributed by atoms with Crippen LogP contribution in [0.4, 0.5) is 10.1 Å². The van der Waals surface area contributed by atoms with Gasteiger partial charge >= 0.3 is 0 Å². The molecule has 1 atom stereocenters. The Morgan fingerprint density at radius 1 is 1.04 bits per heavy atom. The van der Waals surface area contributed by atoms with Crippen LogP contribution in [0.25, 0.3) is 0 Å². The Kier molecular flexibility index (Phi) is 4.16.